The smallest absolute Gasteiger partial charge is 0.309 e. The number of carbonyl (C=O) groups is 4. The van der Waals surface area contributed by atoms with E-state index in [9.17, 15) is 24.3 Å². The van der Waals surface area contributed by atoms with Crippen LogP contribution in [0.5, 0.6) is 0 Å². The number of esters is 1. The first kappa shape index (κ1) is 23.6. The number of carboxylic acid groups (broad SMARTS) is 1. The molecule has 1 N–H and O–H groups in total. The van der Waals surface area contributed by atoms with Crippen molar-refractivity contribution in [3.05, 3.63) is 0 Å². The van der Waals surface area contributed by atoms with Crippen LogP contribution in [0.1, 0.15) is 79.6 Å². The molecule has 6 nitrogen and oxygen atoms in total. The summed E-state index contributed by atoms with van der Waals surface area (Å²) in [6.45, 7) is 8.92. The minimum Gasteiger partial charge on any atom is -0.481 e. The van der Waals surface area contributed by atoms with Crippen LogP contribution in [-0.4, -0.2) is 35.2 Å². The van der Waals surface area contributed by atoms with Crippen LogP contribution < -0.4 is 0 Å². The summed E-state index contributed by atoms with van der Waals surface area (Å²) in [6.07, 6.45) is 4.88. The number of rotatable bonds is 7. The summed E-state index contributed by atoms with van der Waals surface area (Å²) in [7, 11) is 0. The van der Waals surface area contributed by atoms with Gasteiger partial charge in [-0.1, -0.05) is 40.0 Å². The van der Waals surface area contributed by atoms with Crippen LogP contribution >= 0.6 is 0 Å². The Kier molecular flexibility index (Phi) is 7.28. The number of ether oxygens (including phenoxy) is 1. The number of hydrogen-bond donors (Lipinski definition) is 1. The topological polar surface area (TPSA) is 97.7 Å². The van der Waals surface area contributed by atoms with Gasteiger partial charge in [0.1, 0.15) is 18.2 Å². The van der Waals surface area contributed by atoms with Crippen molar-refractivity contribution in [2.75, 3.05) is 6.61 Å². The fourth-order valence-corrected chi connectivity index (χ4v) is 4.78. The molecule has 0 aromatic rings. The molecule has 164 valence electrons. The summed E-state index contributed by atoms with van der Waals surface area (Å²) in [4.78, 5) is 50.0. The van der Waals surface area contributed by atoms with Gasteiger partial charge in [0.15, 0.2) is 0 Å². The average molecular weight is 409 g/mol. The molecule has 29 heavy (non-hydrogen) atoms. The van der Waals surface area contributed by atoms with Gasteiger partial charge in [-0.15, -0.1) is 0 Å². The van der Waals surface area contributed by atoms with Crippen molar-refractivity contribution in [1.29, 1.82) is 0 Å². The van der Waals surface area contributed by atoms with Crippen molar-refractivity contribution in [1.82, 2.24) is 0 Å². The predicted octanol–water partition coefficient (Wildman–Crippen LogP) is 4.05. The lowest BCUT2D eigenvalue weighted by atomic mass is 9.70. The highest BCUT2D eigenvalue weighted by molar-refractivity contribution is 5.92. The van der Waals surface area contributed by atoms with E-state index in [4.69, 9.17) is 4.74 Å². The number of Topliss-reactive ketones (excluding diaryl/α,β-unsaturated/α-hetero) is 2. The van der Waals surface area contributed by atoms with Gasteiger partial charge in [-0.3, -0.25) is 19.2 Å². The van der Waals surface area contributed by atoms with Crippen LogP contribution in [0.4, 0.5) is 0 Å². The van der Waals surface area contributed by atoms with Crippen molar-refractivity contribution in [2.45, 2.75) is 79.6 Å². The van der Waals surface area contributed by atoms with Crippen LogP contribution in [0.2, 0.25) is 0 Å². The normalized spacial score (nSPS) is 28.0. The average Bonchev–Trinajstić information content (AvgIpc) is 3.13. The maximum Gasteiger partial charge on any atom is 0.309 e. The van der Waals surface area contributed by atoms with Gasteiger partial charge in [0.05, 0.1) is 17.3 Å². The number of carbonyl (C=O) groups excluding carboxylic acids is 3. The Morgan fingerprint density at radius 3 is 1.79 bits per heavy atom. The molecule has 0 aliphatic heterocycles. The largest absolute Gasteiger partial charge is 0.481 e. The van der Waals surface area contributed by atoms with Gasteiger partial charge in [-0.05, 0) is 39.5 Å². The van der Waals surface area contributed by atoms with Crippen molar-refractivity contribution >= 4 is 23.5 Å². The Bertz CT molecular complexity index is 657. The Morgan fingerprint density at radius 2 is 1.24 bits per heavy atom. The first-order chi connectivity index (χ1) is 13.4. The van der Waals surface area contributed by atoms with Gasteiger partial charge < -0.3 is 9.84 Å². The van der Waals surface area contributed by atoms with E-state index in [1.807, 2.05) is 20.8 Å². The van der Waals surface area contributed by atoms with Gasteiger partial charge in [-0.25, -0.2) is 0 Å². The first-order valence-electron chi connectivity index (χ1n) is 10.8. The van der Waals surface area contributed by atoms with Gasteiger partial charge >= 0.3 is 11.9 Å². The van der Waals surface area contributed by atoms with Crippen LogP contribution in [0.15, 0.2) is 0 Å². The quantitative estimate of drug-likeness (QED) is 0.638. The summed E-state index contributed by atoms with van der Waals surface area (Å²) in [6, 6.07) is 0. The molecule has 2 fully saturated rings. The van der Waals surface area contributed by atoms with E-state index in [-0.39, 0.29) is 24.1 Å². The molecule has 2 saturated carbocycles. The van der Waals surface area contributed by atoms with E-state index < -0.39 is 40.5 Å². The Labute approximate surface area is 173 Å². The standard InChI is InChI=1S/C23H36O6/c1-22(2,3)18(24)15-11-8-12-17(15)21(28)29-13-23(4,5)19(25)14-9-6-7-10-16(14)20(26)27/h14-17H,6-13H2,1-5H3,(H,26,27). The van der Waals surface area contributed by atoms with E-state index >= 15 is 0 Å². The molecule has 0 radical (unpaired) electrons. The first-order valence-corrected chi connectivity index (χ1v) is 10.8. The van der Waals surface area contributed by atoms with Crippen LogP contribution in [0, 0.1) is 34.5 Å². The van der Waals surface area contributed by atoms with Crippen molar-refractivity contribution in [2.24, 2.45) is 34.5 Å². The summed E-state index contributed by atoms with van der Waals surface area (Å²) < 4.78 is 5.53. The zero-order chi connectivity index (χ0) is 22.0. The number of aliphatic carboxylic acids is 1. The minimum absolute atomic E-state index is 0.0822. The number of carboxylic acids is 1. The van der Waals surface area contributed by atoms with Crippen molar-refractivity contribution in [3.8, 4) is 0 Å². The van der Waals surface area contributed by atoms with Crippen LogP contribution in [0.3, 0.4) is 0 Å². The van der Waals surface area contributed by atoms with E-state index in [2.05, 4.69) is 0 Å². The molecule has 6 heteroatoms. The highest BCUT2D eigenvalue weighted by Crippen LogP contribution is 2.39. The highest BCUT2D eigenvalue weighted by Gasteiger charge is 2.45. The second kappa shape index (κ2) is 8.97. The lowest BCUT2D eigenvalue weighted by molar-refractivity contribution is -0.160. The van der Waals surface area contributed by atoms with Crippen molar-refractivity contribution < 1.29 is 29.0 Å². The van der Waals surface area contributed by atoms with Gasteiger partial charge in [0.2, 0.25) is 0 Å². The second-order valence-electron chi connectivity index (χ2n) is 10.4. The molecule has 0 heterocycles. The Hall–Kier alpha value is -1.72. The summed E-state index contributed by atoms with van der Waals surface area (Å²) in [5.41, 5.74) is -1.46. The van der Waals surface area contributed by atoms with Gasteiger partial charge in [-0.2, -0.15) is 0 Å². The van der Waals surface area contributed by atoms with E-state index in [1.54, 1.807) is 13.8 Å². The zero-order valence-electron chi connectivity index (χ0n) is 18.5. The molecular formula is C23H36O6. The lowest BCUT2D eigenvalue weighted by Crippen LogP contribution is -2.42. The molecule has 0 bridgehead atoms. The zero-order valence-corrected chi connectivity index (χ0v) is 18.5. The molecular weight excluding hydrogens is 372 g/mol. The van der Waals surface area contributed by atoms with Crippen molar-refractivity contribution in [3.63, 3.8) is 0 Å². The fourth-order valence-electron chi connectivity index (χ4n) is 4.78. The molecule has 2 aliphatic rings. The van der Waals surface area contributed by atoms with E-state index in [1.165, 1.54) is 0 Å². The molecule has 0 amide bonds. The SMILES string of the molecule is CC(C)(C)C(=O)C1CCCC1C(=O)OCC(C)(C)C(=O)C1CCCCC1C(=O)O. The molecule has 2 rings (SSSR count). The van der Waals surface area contributed by atoms with Gasteiger partial charge in [0.25, 0.3) is 0 Å². The van der Waals surface area contributed by atoms with E-state index in [0.29, 0.717) is 25.7 Å². The molecule has 2 aliphatic carbocycles. The third-order valence-corrected chi connectivity index (χ3v) is 6.56. The monoisotopic (exact) mass is 408 g/mol. The third kappa shape index (κ3) is 5.46. The lowest BCUT2D eigenvalue weighted by Gasteiger charge is -2.34. The minimum atomic E-state index is -0.951. The third-order valence-electron chi connectivity index (χ3n) is 6.56. The molecule has 4 atom stereocenters. The predicted molar refractivity (Wildman–Crippen MR) is 108 cm³/mol. The van der Waals surface area contributed by atoms with Crippen LogP contribution in [-0.2, 0) is 23.9 Å². The molecule has 0 spiro atoms. The Morgan fingerprint density at radius 1 is 0.759 bits per heavy atom. The Balaban J connectivity index is 2.01. The van der Waals surface area contributed by atoms with Crippen LogP contribution in [0.25, 0.3) is 0 Å². The summed E-state index contributed by atoms with van der Waals surface area (Å²) in [5, 5.41) is 9.46. The highest BCUT2D eigenvalue weighted by atomic mass is 16.5. The maximum atomic E-state index is 13.1. The molecule has 0 aromatic carbocycles. The second-order valence-corrected chi connectivity index (χ2v) is 10.4. The van der Waals surface area contributed by atoms with E-state index in [0.717, 1.165) is 19.3 Å². The number of ketones is 2. The summed E-state index contributed by atoms with van der Waals surface area (Å²) in [5.74, 6) is -3.36. The fraction of sp³-hybridized carbons (Fsp3) is 0.826. The van der Waals surface area contributed by atoms with Gasteiger partial charge in [0, 0.05) is 17.3 Å². The molecule has 0 saturated heterocycles. The summed E-state index contributed by atoms with van der Waals surface area (Å²) >= 11 is 0. The number of hydrogen-bond acceptors (Lipinski definition) is 5. The molecule has 0 aromatic heterocycles. The maximum absolute atomic E-state index is 13.1. The molecule has 4 unspecified atom stereocenters.